The molecule has 0 aliphatic rings. The van der Waals surface area contributed by atoms with Gasteiger partial charge < -0.3 is 10.2 Å². The van der Waals surface area contributed by atoms with Crippen LogP contribution >= 0.6 is 11.6 Å². The quantitative estimate of drug-likeness (QED) is 0.671. The van der Waals surface area contributed by atoms with Gasteiger partial charge in [0.2, 0.25) is 0 Å². The first-order chi connectivity index (χ1) is 9.63. The lowest BCUT2D eigenvalue weighted by Gasteiger charge is -2.01. The van der Waals surface area contributed by atoms with E-state index in [1.165, 1.54) is 12.1 Å². The molecular weight excluding hydrogens is 276 g/mol. The van der Waals surface area contributed by atoms with Crippen LogP contribution in [-0.4, -0.2) is 20.4 Å². The fourth-order valence-corrected chi connectivity index (χ4v) is 2.10. The zero-order valence-electron chi connectivity index (χ0n) is 10.3. The molecule has 0 radical (unpaired) electrons. The summed E-state index contributed by atoms with van der Waals surface area (Å²) < 4.78 is 0. The number of phenolic OH excluding ortho intramolecular Hbond substituents is 2. The van der Waals surface area contributed by atoms with Crippen LogP contribution in [0.3, 0.4) is 0 Å². The molecule has 20 heavy (non-hydrogen) atoms. The van der Waals surface area contributed by atoms with Crippen molar-refractivity contribution in [3.63, 3.8) is 0 Å². The Kier molecular flexibility index (Phi) is 3.08. The van der Waals surface area contributed by atoms with Crippen LogP contribution in [0.25, 0.3) is 22.5 Å². The van der Waals surface area contributed by atoms with Crippen molar-refractivity contribution in [1.82, 2.24) is 10.2 Å². The first-order valence-electron chi connectivity index (χ1n) is 5.97. The lowest BCUT2D eigenvalue weighted by molar-refractivity contribution is 0.452. The number of hydrogen-bond donors (Lipinski definition) is 3. The highest BCUT2D eigenvalue weighted by Gasteiger charge is 2.10. The number of benzene rings is 2. The predicted molar refractivity (Wildman–Crippen MR) is 77.8 cm³/mol. The van der Waals surface area contributed by atoms with E-state index in [0.717, 1.165) is 11.3 Å². The van der Waals surface area contributed by atoms with Gasteiger partial charge in [0, 0.05) is 22.2 Å². The molecule has 0 unspecified atom stereocenters. The Morgan fingerprint density at radius 3 is 2.40 bits per heavy atom. The number of halogens is 1. The Morgan fingerprint density at radius 2 is 1.70 bits per heavy atom. The normalized spacial score (nSPS) is 10.7. The summed E-state index contributed by atoms with van der Waals surface area (Å²) in [6, 6.07) is 13.6. The molecule has 0 atom stereocenters. The first kappa shape index (κ1) is 12.6. The largest absolute Gasteiger partial charge is 0.508 e. The Morgan fingerprint density at radius 1 is 0.950 bits per heavy atom. The smallest absolute Gasteiger partial charge is 0.128 e. The van der Waals surface area contributed by atoms with Crippen molar-refractivity contribution in [3.8, 4) is 34.0 Å². The van der Waals surface area contributed by atoms with Gasteiger partial charge in [-0.15, -0.1) is 0 Å². The molecule has 1 heterocycles. The summed E-state index contributed by atoms with van der Waals surface area (Å²) in [5.74, 6) is 0.0139. The van der Waals surface area contributed by atoms with E-state index >= 15 is 0 Å². The molecule has 100 valence electrons. The minimum absolute atomic E-state index is 0.00342. The zero-order chi connectivity index (χ0) is 14.1. The standard InChI is InChI=1S/C15H11ClN2O2/c16-10-3-1-9(2-4-10)13-8-14(18-17-13)12-6-5-11(19)7-15(12)20/h1-8,19-20H,(H,17,18). The molecule has 0 bridgehead atoms. The molecule has 5 heteroatoms. The maximum atomic E-state index is 9.84. The van der Waals surface area contributed by atoms with E-state index in [2.05, 4.69) is 10.2 Å². The van der Waals surface area contributed by atoms with Crippen molar-refractivity contribution < 1.29 is 10.2 Å². The number of phenols is 2. The number of hydrogen-bond acceptors (Lipinski definition) is 3. The average Bonchev–Trinajstić information content (AvgIpc) is 2.89. The van der Waals surface area contributed by atoms with Gasteiger partial charge in [-0.3, -0.25) is 5.10 Å². The molecule has 0 aliphatic heterocycles. The molecule has 0 saturated heterocycles. The predicted octanol–water partition coefficient (Wildman–Crippen LogP) is 3.81. The van der Waals surface area contributed by atoms with Crippen LogP contribution in [-0.2, 0) is 0 Å². The van der Waals surface area contributed by atoms with Gasteiger partial charge in [-0.1, -0.05) is 23.7 Å². The number of aromatic nitrogens is 2. The number of nitrogens with zero attached hydrogens (tertiary/aromatic N) is 1. The van der Waals surface area contributed by atoms with Crippen molar-refractivity contribution >= 4 is 11.6 Å². The third-order valence-electron chi connectivity index (χ3n) is 2.99. The zero-order valence-corrected chi connectivity index (χ0v) is 11.1. The molecule has 3 N–H and O–H groups in total. The molecule has 3 rings (SSSR count). The third kappa shape index (κ3) is 2.33. The van der Waals surface area contributed by atoms with Crippen LogP contribution in [0.2, 0.25) is 5.02 Å². The van der Waals surface area contributed by atoms with Crippen molar-refractivity contribution in [2.75, 3.05) is 0 Å². The summed E-state index contributed by atoms with van der Waals surface area (Å²) >= 11 is 5.85. The van der Waals surface area contributed by atoms with Gasteiger partial charge in [-0.2, -0.15) is 5.10 Å². The summed E-state index contributed by atoms with van der Waals surface area (Å²) in [6.45, 7) is 0. The average molecular weight is 287 g/mol. The molecule has 0 spiro atoms. The topological polar surface area (TPSA) is 69.1 Å². The number of nitrogens with one attached hydrogen (secondary N) is 1. The summed E-state index contributed by atoms with van der Waals surface area (Å²) in [4.78, 5) is 0. The van der Waals surface area contributed by atoms with E-state index in [-0.39, 0.29) is 11.5 Å². The molecule has 0 fully saturated rings. The van der Waals surface area contributed by atoms with E-state index < -0.39 is 0 Å². The minimum Gasteiger partial charge on any atom is -0.508 e. The molecule has 0 aliphatic carbocycles. The maximum Gasteiger partial charge on any atom is 0.128 e. The van der Waals surface area contributed by atoms with Crippen molar-refractivity contribution in [3.05, 3.63) is 53.6 Å². The third-order valence-corrected chi connectivity index (χ3v) is 3.24. The van der Waals surface area contributed by atoms with Crippen LogP contribution in [0.4, 0.5) is 0 Å². The van der Waals surface area contributed by atoms with E-state index in [1.54, 1.807) is 18.2 Å². The highest BCUT2D eigenvalue weighted by molar-refractivity contribution is 6.30. The Bertz CT molecular complexity index is 751. The minimum atomic E-state index is -0.00342. The fraction of sp³-hybridized carbons (Fsp3) is 0. The highest BCUT2D eigenvalue weighted by Crippen LogP contribution is 2.32. The second-order valence-electron chi connectivity index (χ2n) is 4.38. The van der Waals surface area contributed by atoms with Crippen LogP contribution in [0.5, 0.6) is 11.5 Å². The monoisotopic (exact) mass is 286 g/mol. The number of rotatable bonds is 2. The Balaban J connectivity index is 1.99. The summed E-state index contributed by atoms with van der Waals surface area (Å²) in [5, 5.41) is 26.9. The second kappa shape index (κ2) is 4.90. The van der Waals surface area contributed by atoms with Gasteiger partial charge in [-0.05, 0) is 30.3 Å². The van der Waals surface area contributed by atoms with Crippen molar-refractivity contribution in [2.24, 2.45) is 0 Å². The fourth-order valence-electron chi connectivity index (χ4n) is 1.98. The molecule has 2 aromatic carbocycles. The molecular formula is C15H11ClN2O2. The van der Waals surface area contributed by atoms with Gasteiger partial charge in [0.1, 0.15) is 11.5 Å². The second-order valence-corrected chi connectivity index (χ2v) is 4.81. The molecule has 0 amide bonds. The number of aromatic amines is 1. The molecule has 4 nitrogen and oxygen atoms in total. The molecule has 3 aromatic rings. The van der Waals surface area contributed by atoms with Gasteiger partial charge >= 0.3 is 0 Å². The first-order valence-corrected chi connectivity index (χ1v) is 6.35. The molecule has 0 saturated carbocycles. The van der Waals surface area contributed by atoms with Crippen LogP contribution in [0.15, 0.2) is 48.5 Å². The summed E-state index contributed by atoms with van der Waals surface area (Å²) in [6.07, 6.45) is 0. The van der Waals surface area contributed by atoms with E-state index in [0.29, 0.717) is 16.3 Å². The van der Waals surface area contributed by atoms with Gasteiger partial charge in [0.25, 0.3) is 0 Å². The van der Waals surface area contributed by atoms with E-state index in [1.807, 2.05) is 18.2 Å². The lowest BCUT2D eigenvalue weighted by atomic mass is 10.1. The molecule has 1 aromatic heterocycles. The van der Waals surface area contributed by atoms with Gasteiger partial charge in [0.15, 0.2) is 0 Å². The van der Waals surface area contributed by atoms with Crippen LogP contribution in [0.1, 0.15) is 0 Å². The van der Waals surface area contributed by atoms with E-state index in [9.17, 15) is 10.2 Å². The maximum absolute atomic E-state index is 9.84. The highest BCUT2D eigenvalue weighted by atomic mass is 35.5. The van der Waals surface area contributed by atoms with Crippen molar-refractivity contribution in [2.45, 2.75) is 0 Å². The van der Waals surface area contributed by atoms with Crippen molar-refractivity contribution in [1.29, 1.82) is 0 Å². The van der Waals surface area contributed by atoms with Crippen LogP contribution in [0, 0.1) is 0 Å². The SMILES string of the molecule is Oc1ccc(-c2cc(-c3ccc(Cl)cc3)n[nH]2)c(O)c1. The summed E-state index contributed by atoms with van der Waals surface area (Å²) in [7, 11) is 0. The Labute approximate surface area is 120 Å². The number of aromatic hydroxyl groups is 2. The number of H-pyrrole nitrogens is 1. The lowest BCUT2D eigenvalue weighted by Crippen LogP contribution is -1.79. The van der Waals surface area contributed by atoms with E-state index in [4.69, 9.17) is 11.6 Å². The Hall–Kier alpha value is -2.46. The summed E-state index contributed by atoms with van der Waals surface area (Å²) in [5.41, 5.74) is 2.93. The van der Waals surface area contributed by atoms with Gasteiger partial charge in [0.05, 0.1) is 11.4 Å². The van der Waals surface area contributed by atoms with Crippen LogP contribution < -0.4 is 0 Å². The van der Waals surface area contributed by atoms with Gasteiger partial charge in [-0.25, -0.2) is 0 Å².